The van der Waals surface area contributed by atoms with Crippen molar-refractivity contribution >= 4 is 5.69 Å². The smallest absolute Gasteiger partial charge is 0.214 e. The lowest BCUT2D eigenvalue weighted by Gasteiger charge is -2.36. The maximum Gasteiger partial charge on any atom is 0.214 e. The Bertz CT molecular complexity index is 377. The van der Waals surface area contributed by atoms with Crippen LogP contribution in [0.5, 0.6) is 5.88 Å². The second-order valence-corrected chi connectivity index (χ2v) is 4.88. The van der Waals surface area contributed by atoms with Crippen LogP contribution in [0.1, 0.15) is 12.8 Å². The first-order valence-electron chi connectivity index (χ1n) is 7.01. The number of rotatable bonds is 6. The van der Waals surface area contributed by atoms with Crippen molar-refractivity contribution in [3.05, 3.63) is 18.3 Å². The molecular weight excluding hydrogens is 240 g/mol. The number of aromatic nitrogens is 1. The monoisotopic (exact) mass is 264 g/mol. The summed E-state index contributed by atoms with van der Waals surface area (Å²) in [5.74, 6) is 0.683. The van der Waals surface area contributed by atoms with Crippen molar-refractivity contribution < 1.29 is 4.74 Å². The van der Waals surface area contributed by atoms with Crippen LogP contribution < -0.4 is 15.4 Å². The van der Waals surface area contributed by atoms with Gasteiger partial charge in [-0.2, -0.15) is 0 Å². The molecule has 0 aliphatic carbocycles. The zero-order chi connectivity index (χ0) is 13.5. The molecule has 2 heterocycles. The standard InChI is InChI=1S/C14H24N4O/c1-19-14-12-13(4-6-16-14)18-10-8-17(9-11-18)7-3-2-5-15/h4,6,12H,2-3,5,7-11,15H2,1H3. The summed E-state index contributed by atoms with van der Waals surface area (Å²) in [6.07, 6.45) is 4.14. The van der Waals surface area contributed by atoms with Gasteiger partial charge >= 0.3 is 0 Å². The van der Waals surface area contributed by atoms with Crippen LogP contribution in [0.25, 0.3) is 0 Å². The molecular formula is C14H24N4O. The molecule has 1 fully saturated rings. The molecule has 106 valence electrons. The fraction of sp³-hybridized carbons (Fsp3) is 0.643. The SMILES string of the molecule is COc1cc(N2CCN(CCCCN)CC2)ccn1. The molecule has 1 aromatic rings. The van der Waals surface area contributed by atoms with Crippen molar-refractivity contribution in [3.8, 4) is 5.88 Å². The van der Waals surface area contributed by atoms with Crippen molar-refractivity contribution in [3.63, 3.8) is 0 Å². The average Bonchev–Trinajstić information content (AvgIpc) is 2.48. The second kappa shape index (κ2) is 7.31. The van der Waals surface area contributed by atoms with Crippen LogP contribution in [0.15, 0.2) is 18.3 Å². The zero-order valence-corrected chi connectivity index (χ0v) is 11.7. The summed E-state index contributed by atoms with van der Waals surface area (Å²) in [5.41, 5.74) is 6.73. The van der Waals surface area contributed by atoms with Gasteiger partial charge in [0, 0.05) is 44.1 Å². The van der Waals surface area contributed by atoms with Crippen molar-refractivity contribution in [2.24, 2.45) is 5.73 Å². The van der Waals surface area contributed by atoms with E-state index in [2.05, 4.69) is 14.8 Å². The van der Waals surface area contributed by atoms with Crippen LogP contribution in [0.3, 0.4) is 0 Å². The first kappa shape index (κ1) is 14.1. The first-order chi connectivity index (χ1) is 9.33. The lowest BCUT2D eigenvalue weighted by Crippen LogP contribution is -2.46. The number of pyridine rings is 1. The topological polar surface area (TPSA) is 54.6 Å². The molecule has 0 saturated carbocycles. The van der Waals surface area contributed by atoms with Gasteiger partial charge in [-0.3, -0.25) is 4.90 Å². The van der Waals surface area contributed by atoms with E-state index in [-0.39, 0.29) is 0 Å². The van der Waals surface area contributed by atoms with Crippen LogP contribution in [0.2, 0.25) is 0 Å². The summed E-state index contributed by atoms with van der Waals surface area (Å²) >= 11 is 0. The van der Waals surface area contributed by atoms with E-state index in [0.717, 1.165) is 39.1 Å². The molecule has 0 amide bonds. The van der Waals surface area contributed by atoms with Gasteiger partial charge in [-0.1, -0.05) is 0 Å². The number of ether oxygens (including phenoxy) is 1. The zero-order valence-electron chi connectivity index (χ0n) is 11.7. The maximum atomic E-state index is 5.53. The van der Waals surface area contributed by atoms with E-state index in [1.807, 2.05) is 18.3 Å². The number of unbranched alkanes of at least 4 members (excludes halogenated alkanes) is 1. The number of hydrogen-bond acceptors (Lipinski definition) is 5. The molecule has 0 radical (unpaired) electrons. The Morgan fingerprint density at radius 2 is 2.05 bits per heavy atom. The number of hydrogen-bond donors (Lipinski definition) is 1. The summed E-state index contributed by atoms with van der Waals surface area (Å²) in [5, 5.41) is 0. The molecule has 1 aromatic heterocycles. The van der Waals surface area contributed by atoms with Crippen LogP contribution in [-0.4, -0.2) is 56.3 Å². The molecule has 0 unspecified atom stereocenters. The fourth-order valence-corrected chi connectivity index (χ4v) is 2.42. The first-order valence-corrected chi connectivity index (χ1v) is 7.01. The van der Waals surface area contributed by atoms with Crippen molar-refractivity contribution in [2.75, 3.05) is 51.3 Å². The predicted molar refractivity (Wildman–Crippen MR) is 77.7 cm³/mol. The summed E-state index contributed by atoms with van der Waals surface area (Å²) in [6.45, 7) is 6.34. The van der Waals surface area contributed by atoms with Gasteiger partial charge in [0.15, 0.2) is 0 Å². The molecule has 5 nitrogen and oxygen atoms in total. The highest BCUT2D eigenvalue weighted by atomic mass is 16.5. The quantitative estimate of drug-likeness (QED) is 0.775. The molecule has 0 bridgehead atoms. The minimum absolute atomic E-state index is 0.683. The summed E-state index contributed by atoms with van der Waals surface area (Å²) in [6, 6.07) is 4.05. The molecule has 1 aliphatic heterocycles. The second-order valence-electron chi connectivity index (χ2n) is 4.88. The molecule has 2 N–H and O–H groups in total. The molecule has 5 heteroatoms. The number of nitrogens with zero attached hydrogens (tertiary/aromatic N) is 3. The largest absolute Gasteiger partial charge is 0.481 e. The van der Waals surface area contributed by atoms with Gasteiger partial charge in [0.25, 0.3) is 0 Å². The van der Waals surface area contributed by atoms with Crippen molar-refractivity contribution in [1.82, 2.24) is 9.88 Å². The Kier molecular flexibility index (Phi) is 5.42. The minimum Gasteiger partial charge on any atom is -0.481 e. The normalized spacial score (nSPS) is 16.6. The number of anilines is 1. The lowest BCUT2D eigenvalue weighted by molar-refractivity contribution is 0.253. The highest BCUT2D eigenvalue weighted by Gasteiger charge is 2.17. The van der Waals surface area contributed by atoms with Gasteiger partial charge in [-0.25, -0.2) is 4.98 Å². The molecule has 2 rings (SSSR count). The third-order valence-electron chi connectivity index (χ3n) is 3.59. The summed E-state index contributed by atoms with van der Waals surface area (Å²) in [4.78, 5) is 9.06. The minimum atomic E-state index is 0.683. The lowest BCUT2D eigenvalue weighted by atomic mass is 10.2. The molecule has 0 atom stereocenters. The van der Waals surface area contributed by atoms with E-state index in [1.165, 1.54) is 18.7 Å². The van der Waals surface area contributed by atoms with E-state index in [9.17, 15) is 0 Å². The summed E-state index contributed by atoms with van der Waals surface area (Å²) < 4.78 is 5.17. The van der Waals surface area contributed by atoms with E-state index in [1.54, 1.807) is 7.11 Å². The van der Waals surface area contributed by atoms with Crippen molar-refractivity contribution in [2.45, 2.75) is 12.8 Å². The van der Waals surface area contributed by atoms with Crippen LogP contribution >= 0.6 is 0 Å². The molecule has 0 spiro atoms. The molecule has 1 aliphatic rings. The van der Waals surface area contributed by atoms with E-state index >= 15 is 0 Å². The third kappa shape index (κ3) is 4.08. The Labute approximate surface area is 115 Å². The predicted octanol–water partition coefficient (Wildman–Crippen LogP) is 0.951. The van der Waals surface area contributed by atoms with E-state index in [4.69, 9.17) is 10.5 Å². The molecule has 19 heavy (non-hydrogen) atoms. The third-order valence-corrected chi connectivity index (χ3v) is 3.59. The maximum absolute atomic E-state index is 5.53. The Hall–Kier alpha value is -1.33. The Morgan fingerprint density at radius 1 is 1.26 bits per heavy atom. The Balaban J connectivity index is 1.82. The van der Waals surface area contributed by atoms with Crippen LogP contribution in [-0.2, 0) is 0 Å². The van der Waals surface area contributed by atoms with Crippen molar-refractivity contribution in [1.29, 1.82) is 0 Å². The Morgan fingerprint density at radius 3 is 2.74 bits per heavy atom. The average molecular weight is 264 g/mol. The molecule has 1 saturated heterocycles. The van der Waals surface area contributed by atoms with Gasteiger partial charge in [-0.15, -0.1) is 0 Å². The molecule has 0 aromatic carbocycles. The van der Waals surface area contributed by atoms with Gasteiger partial charge in [0.05, 0.1) is 7.11 Å². The highest BCUT2D eigenvalue weighted by Crippen LogP contribution is 2.19. The van der Waals surface area contributed by atoms with Gasteiger partial charge in [0.2, 0.25) is 5.88 Å². The van der Waals surface area contributed by atoms with E-state index in [0.29, 0.717) is 5.88 Å². The van der Waals surface area contributed by atoms with Crippen LogP contribution in [0.4, 0.5) is 5.69 Å². The van der Waals surface area contributed by atoms with Gasteiger partial charge in [-0.05, 0) is 32.0 Å². The van der Waals surface area contributed by atoms with Crippen LogP contribution in [0, 0.1) is 0 Å². The highest BCUT2D eigenvalue weighted by molar-refractivity contribution is 5.48. The van der Waals surface area contributed by atoms with E-state index < -0.39 is 0 Å². The fourth-order valence-electron chi connectivity index (χ4n) is 2.42. The summed E-state index contributed by atoms with van der Waals surface area (Å²) in [7, 11) is 1.65. The number of methoxy groups -OCH3 is 1. The van der Waals surface area contributed by atoms with Gasteiger partial charge < -0.3 is 15.4 Å². The number of piperazine rings is 1. The van der Waals surface area contributed by atoms with Gasteiger partial charge in [0.1, 0.15) is 0 Å². The number of nitrogens with two attached hydrogens (primary N) is 1.